The molecule has 122 valence electrons. The van der Waals surface area contributed by atoms with Crippen LogP contribution in [0.3, 0.4) is 0 Å². The van der Waals surface area contributed by atoms with E-state index in [4.69, 9.17) is 0 Å². The summed E-state index contributed by atoms with van der Waals surface area (Å²) in [6, 6.07) is 12.5. The number of aliphatic hydroxyl groups excluding tert-OH is 1. The Morgan fingerprint density at radius 2 is 1.52 bits per heavy atom. The van der Waals surface area contributed by atoms with Crippen LogP contribution in [0.25, 0.3) is 0 Å². The SMILES string of the molecule is OCC1CNCCN1C(c1ccc(F)cc1)c1ccc(F)cc1. The van der Waals surface area contributed by atoms with E-state index in [9.17, 15) is 13.9 Å². The zero-order valence-corrected chi connectivity index (χ0v) is 12.8. The van der Waals surface area contributed by atoms with E-state index in [1.165, 1.54) is 24.3 Å². The van der Waals surface area contributed by atoms with Gasteiger partial charge in [-0.15, -0.1) is 0 Å². The Hall–Kier alpha value is -1.82. The lowest BCUT2D eigenvalue weighted by Gasteiger charge is -2.41. The van der Waals surface area contributed by atoms with Crippen LogP contribution < -0.4 is 5.32 Å². The average molecular weight is 318 g/mol. The molecule has 2 aromatic carbocycles. The van der Waals surface area contributed by atoms with Crippen LogP contribution in [0.2, 0.25) is 0 Å². The van der Waals surface area contributed by atoms with Crippen molar-refractivity contribution in [2.45, 2.75) is 12.1 Å². The molecular formula is C18H20F2N2O. The smallest absolute Gasteiger partial charge is 0.123 e. The number of hydrogen-bond acceptors (Lipinski definition) is 3. The maximum absolute atomic E-state index is 13.3. The largest absolute Gasteiger partial charge is 0.395 e. The predicted molar refractivity (Wildman–Crippen MR) is 85.1 cm³/mol. The molecule has 0 aliphatic carbocycles. The molecule has 2 N–H and O–H groups in total. The summed E-state index contributed by atoms with van der Waals surface area (Å²) >= 11 is 0. The summed E-state index contributed by atoms with van der Waals surface area (Å²) in [7, 11) is 0. The van der Waals surface area contributed by atoms with Crippen LogP contribution in [0.4, 0.5) is 8.78 Å². The topological polar surface area (TPSA) is 35.5 Å². The summed E-state index contributed by atoms with van der Waals surface area (Å²) in [5.41, 5.74) is 1.86. The zero-order chi connectivity index (χ0) is 16.2. The first kappa shape index (κ1) is 16.1. The lowest BCUT2D eigenvalue weighted by atomic mass is 9.94. The Morgan fingerprint density at radius 1 is 1.00 bits per heavy atom. The molecule has 2 aromatic rings. The zero-order valence-electron chi connectivity index (χ0n) is 12.8. The monoisotopic (exact) mass is 318 g/mol. The van der Waals surface area contributed by atoms with Crippen molar-refractivity contribution < 1.29 is 13.9 Å². The van der Waals surface area contributed by atoms with Crippen molar-refractivity contribution in [3.63, 3.8) is 0 Å². The quantitative estimate of drug-likeness (QED) is 0.908. The molecule has 5 heteroatoms. The molecule has 0 amide bonds. The molecular weight excluding hydrogens is 298 g/mol. The lowest BCUT2D eigenvalue weighted by molar-refractivity contribution is 0.0759. The van der Waals surface area contributed by atoms with E-state index in [1.807, 2.05) is 0 Å². The molecule has 0 saturated carbocycles. The number of hydrogen-bond donors (Lipinski definition) is 2. The molecule has 1 fully saturated rings. The van der Waals surface area contributed by atoms with Crippen molar-refractivity contribution in [2.24, 2.45) is 0 Å². The van der Waals surface area contributed by atoms with Crippen LogP contribution in [-0.4, -0.2) is 42.3 Å². The van der Waals surface area contributed by atoms with Crippen molar-refractivity contribution >= 4 is 0 Å². The summed E-state index contributed by atoms with van der Waals surface area (Å²) in [6.45, 7) is 2.29. The van der Waals surface area contributed by atoms with E-state index < -0.39 is 0 Å². The Balaban J connectivity index is 2.01. The number of nitrogens with one attached hydrogen (secondary N) is 1. The molecule has 1 atom stereocenters. The molecule has 0 aromatic heterocycles. The normalized spacial score (nSPS) is 19.2. The molecule has 0 radical (unpaired) electrons. The number of benzene rings is 2. The van der Waals surface area contributed by atoms with Crippen molar-refractivity contribution in [1.82, 2.24) is 10.2 Å². The molecule has 0 bridgehead atoms. The van der Waals surface area contributed by atoms with Gasteiger partial charge in [-0.2, -0.15) is 0 Å². The third-order valence-electron chi connectivity index (χ3n) is 4.31. The van der Waals surface area contributed by atoms with E-state index in [-0.39, 0.29) is 30.3 Å². The van der Waals surface area contributed by atoms with Crippen molar-refractivity contribution in [3.05, 3.63) is 71.3 Å². The molecule has 1 heterocycles. The molecule has 1 aliphatic rings. The van der Waals surface area contributed by atoms with Crippen LogP contribution in [0.5, 0.6) is 0 Å². The number of piperazine rings is 1. The average Bonchev–Trinajstić information content (AvgIpc) is 2.59. The number of nitrogens with zero attached hydrogens (tertiary/aromatic N) is 1. The molecule has 1 unspecified atom stereocenters. The van der Waals surface area contributed by atoms with Crippen LogP contribution in [-0.2, 0) is 0 Å². The van der Waals surface area contributed by atoms with Gasteiger partial charge in [0.15, 0.2) is 0 Å². The highest BCUT2D eigenvalue weighted by Crippen LogP contribution is 2.31. The number of aliphatic hydroxyl groups is 1. The number of halogens is 2. The van der Waals surface area contributed by atoms with Gasteiger partial charge in [-0.25, -0.2) is 8.78 Å². The second-order valence-corrected chi connectivity index (χ2v) is 5.78. The standard InChI is InChI=1S/C18H20F2N2O/c19-15-5-1-13(2-6-15)18(14-3-7-16(20)8-4-14)22-10-9-21-11-17(22)12-23/h1-8,17-18,21,23H,9-12H2. The molecule has 1 saturated heterocycles. The fourth-order valence-corrected chi connectivity index (χ4v) is 3.15. The first-order chi connectivity index (χ1) is 11.2. The van der Waals surface area contributed by atoms with Crippen LogP contribution in [0, 0.1) is 11.6 Å². The van der Waals surface area contributed by atoms with E-state index in [1.54, 1.807) is 24.3 Å². The molecule has 3 nitrogen and oxygen atoms in total. The maximum Gasteiger partial charge on any atom is 0.123 e. The van der Waals surface area contributed by atoms with Gasteiger partial charge < -0.3 is 10.4 Å². The van der Waals surface area contributed by atoms with Gasteiger partial charge in [-0.3, -0.25) is 4.90 Å². The van der Waals surface area contributed by atoms with Gasteiger partial charge in [-0.05, 0) is 35.4 Å². The van der Waals surface area contributed by atoms with Crippen LogP contribution in [0.15, 0.2) is 48.5 Å². The van der Waals surface area contributed by atoms with E-state index in [0.717, 1.165) is 24.2 Å². The molecule has 23 heavy (non-hydrogen) atoms. The van der Waals surface area contributed by atoms with Crippen LogP contribution in [0.1, 0.15) is 17.2 Å². The van der Waals surface area contributed by atoms with E-state index >= 15 is 0 Å². The number of rotatable bonds is 4. The van der Waals surface area contributed by atoms with Gasteiger partial charge in [0, 0.05) is 25.7 Å². The second kappa shape index (κ2) is 7.17. The summed E-state index contributed by atoms with van der Waals surface area (Å²) < 4.78 is 26.6. The highest BCUT2D eigenvalue weighted by atomic mass is 19.1. The minimum absolute atomic E-state index is 0.0336. The van der Waals surface area contributed by atoms with Crippen molar-refractivity contribution in [3.8, 4) is 0 Å². The molecule has 3 rings (SSSR count). The third kappa shape index (κ3) is 3.58. The minimum atomic E-state index is -0.286. The molecule has 0 spiro atoms. The fraction of sp³-hybridized carbons (Fsp3) is 0.333. The fourth-order valence-electron chi connectivity index (χ4n) is 3.15. The van der Waals surface area contributed by atoms with Gasteiger partial charge >= 0.3 is 0 Å². The Bertz CT molecular complexity index is 585. The third-order valence-corrected chi connectivity index (χ3v) is 4.31. The Kier molecular flexibility index (Phi) is 5.00. The van der Waals surface area contributed by atoms with Crippen LogP contribution >= 0.6 is 0 Å². The highest BCUT2D eigenvalue weighted by molar-refractivity contribution is 5.32. The lowest BCUT2D eigenvalue weighted by Crippen LogP contribution is -2.54. The predicted octanol–water partition coefficient (Wildman–Crippen LogP) is 2.32. The Morgan fingerprint density at radius 3 is 2.00 bits per heavy atom. The summed E-state index contributed by atoms with van der Waals surface area (Å²) in [5.74, 6) is -0.573. The van der Waals surface area contributed by atoms with E-state index in [0.29, 0.717) is 6.54 Å². The molecule has 1 aliphatic heterocycles. The van der Waals surface area contributed by atoms with Crippen molar-refractivity contribution in [2.75, 3.05) is 26.2 Å². The van der Waals surface area contributed by atoms with Gasteiger partial charge in [0.05, 0.1) is 12.6 Å². The van der Waals surface area contributed by atoms with Crippen molar-refractivity contribution in [1.29, 1.82) is 0 Å². The first-order valence-electron chi connectivity index (χ1n) is 7.77. The maximum atomic E-state index is 13.3. The van der Waals surface area contributed by atoms with Gasteiger partial charge in [0.2, 0.25) is 0 Å². The Labute approximate surface area is 134 Å². The van der Waals surface area contributed by atoms with Gasteiger partial charge in [0.25, 0.3) is 0 Å². The summed E-state index contributed by atoms with van der Waals surface area (Å²) in [6.07, 6.45) is 0. The summed E-state index contributed by atoms with van der Waals surface area (Å²) in [5, 5.41) is 13.0. The van der Waals surface area contributed by atoms with E-state index in [2.05, 4.69) is 10.2 Å². The van der Waals surface area contributed by atoms with Gasteiger partial charge in [0.1, 0.15) is 11.6 Å². The van der Waals surface area contributed by atoms with Gasteiger partial charge in [-0.1, -0.05) is 24.3 Å². The first-order valence-corrected chi connectivity index (χ1v) is 7.77. The second-order valence-electron chi connectivity index (χ2n) is 5.78. The highest BCUT2D eigenvalue weighted by Gasteiger charge is 2.30. The minimum Gasteiger partial charge on any atom is -0.395 e. The summed E-state index contributed by atoms with van der Waals surface area (Å²) in [4.78, 5) is 2.19.